The van der Waals surface area contributed by atoms with Crippen LogP contribution in [0, 0.1) is 0 Å². The first-order valence-corrected chi connectivity index (χ1v) is 4.01. The fourth-order valence-corrected chi connectivity index (χ4v) is 1.09. The lowest BCUT2D eigenvalue weighted by atomic mass is 9.95. The number of pyridine rings is 1. The predicted octanol–water partition coefficient (Wildman–Crippen LogP) is 0.597. The van der Waals surface area contributed by atoms with E-state index in [-0.39, 0.29) is 5.92 Å². The van der Waals surface area contributed by atoms with Crippen LogP contribution in [0.25, 0.3) is 0 Å². The number of carbonyl (C=O) groups is 1. The fourth-order valence-electron chi connectivity index (χ4n) is 1.09. The molecule has 0 radical (unpaired) electrons. The molecule has 0 unspecified atom stereocenters. The molecule has 0 amide bonds. The molecule has 0 bridgehead atoms. The van der Waals surface area contributed by atoms with Crippen LogP contribution in [0.2, 0.25) is 0 Å². The Balaban J connectivity index is 2.79. The van der Waals surface area contributed by atoms with E-state index < -0.39 is 12.0 Å². The Morgan fingerprint density at radius 1 is 1.54 bits per heavy atom. The lowest BCUT2D eigenvalue weighted by Crippen LogP contribution is -2.35. The van der Waals surface area contributed by atoms with Crippen LogP contribution in [0.15, 0.2) is 24.5 Å². The lowest BCUT2D eigenvalue weighted by molar-refractivity contribution is -0.139. The van der Waals surface area contributed by atoms with Gasteiger partial charge in [0.25, 0.3) is 0 Å². The molecule has 70 valence electrons. The summed E-state index contributed by atoms with van der Waals surface area (Å²) in [7, 11) is 0. The van der Waals surface area contributed by atoms with Gasteiger partial charge >= 0.3 is 5.97 Å². The normalized spacial score (nSPS) is 14.9. The molecule has 2 atom stereocenters. The van der Waals surface area contributed by atoms with Gasteiger partial charge in [0.2, 0.25) is 0 Å². The van der Waals surface area contributed by atoms with Gasteiger partial charge in [-0.25, -0.2) is 0 Å². The zero-order valence-corrected chi connectivity index (χ0v) is 7.34. The second kappa shape index (κ2) is 4.00. The largest absolute Gasteiger partial charge is 0.480 e. The summed E-state index contributed by atoms with van der Waals surface area (Å²) in [4.78, 5) is 14.4. The van der Waals surface area contributed by atoms with Crippen molar-refractivity contribution in [2.24, 2.45) is 5.73 Å². The van der Waals surface area contributed by atoms with Crippen LogP contribution in [0.4, 0.5) is 0 Å². The number of carboxylic acid groups (broad SMARTS) is 1. The van der Waals surface area contributed by atoms with Gasteiger partial charge in [0.15, 0.2) is 0 Å². The summed E-state index contributed by atoms with van der Waals surface area (Å²) in [6.07, 6.45) is 3.25. The number of nitrogens with two attached hydrogens (primary N) is 1. The zero-order chi connectivity index (χ0) is 9.84. The summed E-state index contributed by atoms with van der Waals surface area (Å²) in [5.74, 6) is -1.18. The van der Waals surface area contributed by atoms with Gasteiger partial charge < -0.3 is 10.8 Å². The third kappa shape index (κ3) is 2.26. The number of carboxylic acids is 1. The molecule has 0 aliphatic carbocycles. The van der Waals surface area contributed by atoms with Crippen molar-refractivity contribution in [3.05, 3.63) is 30.1 Å². The monoisotopic (exact) mass is 180 g/mol. The molecule has 13 heavy (non-hydrogen) atoms. The number of aliphatic carboxylic acids is 1. The Labute approximate surface area is 76.4 Å². The first-order chi connectivity index (χ1) is 6.13. The molecule has 0 saturated carbocycles. The zero-order valence-electron chi connectivity index (χ0n) is 7.34. The predicted molar refractivity (Wildman–Crippen MR) is 48.3 cm³/mol. The van der Waals surface area contributed by atoms with E-state index in [1.54, 1.807) is 31.5 Å². The van der Waals surface area contributed by atoms with E-state index in [9.17, 15) is 4.79 Å². The Morgan fingerprint density at radius 2 is 2.08 bits per heavy atom. The average molecular weight is 180 g/mol. The standard InChI is InChI=1S/C9H12N2O2/c1-6(8(10)9(12)13)7-2-4-11-5-3-7/h2-6,8H,10H2,1H3,(H,12,13)/t6-,8+/m1/s1. The van der Waals surface area contributed by atoms with Crippen LogP contribution >= 0.6 is 0 Å². The minimum absolute atomic E-state index is 0.194. The van der Waals surface area contributed by atoms with Gasteiger partial charge in [0, 0.05) is 18.3 Å². The highest BCUT2D eigenvalue weighted by Crippen LogP contribution is 2.16. The van der Waals surface area contributed by atoms with Crippen LogP contribution < -0.4 is 5.73 Å². The fraction of sp³-hybridized carbons (Fsp3) is 0.333. The van der Waals surface area contributed by atoms with Crippen LogP contribution in [-0.4, -0.2) is 22.1 Å². The number of hydrogen-bond acceptors (Lipinski definition) is 3. The molecule has 0 fully saturated rings. The second-order valence-corrected chi connectivity index (χ2v) is 2.93. The Kier molecular flexibility index (Phi) is 2.97. The third-order valence-electron chi connectivity index (χ3n) is 2.06. The molecule has 0 saturated heterocycles. The molecule has 0 aliphatic heterocycles. The molecular weight excluding hydrogens is 168 g/mol. The average Bonchev–Trinajstić information content (AvgIpc) is 2.17. The molecule has 1 heterocycles. The van der Waals surface area contributed by atoms with E-state index in [1.807, 2.05) is 0 Å². The Bertz CT molecular complexity index is 287. The van der Waals surface area contributed by atoms with E-state index in [1.165, 1.54) is 0 Å². The van der Waals surface area contributed by atoms with Crippen molar-refractivity contribution >= 4 is 5.97 Å². The van der Waals surface area contributed by atoms with E-state index >= 15 is 0 Å². The van der Waals surface area contributed by atoms with Gasteiger partial charge in [-0.15, -0.1) is 0 Å². The van der Waals surface area contributed by atoms with Gasteiger partial charge in [-0.1, -0.05) is 6.92 Å². The summed E-state index contributed by atoms with van der Waals surface area (Å²) in [6.45, 7) is 1.79. The Morgan fingerprint density at radius 3 is 2.54 bits per heavy atom. The van der Waals surface area contributed by atoms with Crippen molar-refractivity contribution in [1.29, 1.82) is 0 Å². The van der Waals surface area contributed by atoms with E-state index in [0.717, 1.165) is 5.56 Å². The summed E-state index contributed by atoms with van der Waals surface area (Å²) in [5.41, 5.74) is 6.37. The van der Waals surface area contributed by atoms with Gasteiger partial charge in [0.1, 0.15) is 6.04 Å². The lowest BCUT2D eigenvalue weighted by Gasteiger charge is -2.15. The molecule has 1 aromatic heterocycles. The molecule has 0 aromatic carbocycles. The molecule has 0 aliphatic rings. The number of nitrogens with zero attached hydrogens (tertiary/aromatic N) is 1. The number of hydrogen-bond donors (Lipinski definition) is 2. The van der Waals surface area contributed by atoms with E-state index in [4.69, 9.17) is 10.8 Å². The highest BCUT2D eigenvalue weighted by Gasteiger charge is 2.20. The van der Waals surface area contributed by atoms with E-state index in [2.05, 4.69) is 4.98 Å². The summed E-state index contributed by atoms with van der Waals surface area (Å²) < 4.78 is 0. The van der Waals surface area contributed by atoms with Crippen molar-refractivity contribution in [3.63, 3.8) is 0 Å². The second-order valence-electron chi connectivity index (χ2n) is 2.93. The molecule has 0 spiro atoms. The number of rotatable bonds is 3. The molecule has 1 rings (SSSR count). The van der Waals surface area contributed by atoms with Gasteiger partial charge in [-0.2, -0.15) is 0 Å². The summed E-state index contributed by atoms with van der Waals surface area (Å²) >= 11 is 0. The van der Waals surface area contributed by atoms with Crippen molar-refractivity contribution in [3.8, 4) is 0 Å². The minimum atomic E-state index is -0.982. The molecule has 4 heteroatoms. The molecular formula is C9H12N2O2. The van der Waals surface area contributed by atoms with Gasteiger partial charge in [-0.05, 0) is 17.7 Å². The van der Waals surface area contributed by atoms with Gasteiger partial charge in [-0.3, -0.25) is 9.78 Å². The molecule has 3 N–H and O–H groups in total. The number of aromatic nitrogens is 1. The smallest absolute Gasteiger partial charge is 0.321 e. The first-order valence-electron chi connectivity index (χ1n) is 4.01. The minimum Gasteiger partial charge on any atom is -0.480 e. The van der Waals surface area contributed by atoms with Crippen LogP contribution in [0.1, 0.15) is 18.4 Å². The van der Waals surface area contributed by atoms with Crippen molar-refractivity contribution < 1.29 is 9.90 Å². The summed E-state index contributed by atoms with van der Waals surface area (Å²) in [6, 6.07) is 2.68. The third-order valence-corrected chi connectivity index (χ3v) is 2.06. The maximum Gasteiger partial charge on any atom is 0.321 e. The first kappa shape index (κ1) is 9.67. The molecule has 1 aromatic rings. The highest BCUT2D eigenvalue weighted by molar-refractivity contribution is 5.74. The van der Waals surface area contributed by atoms with Crippen molar-refractivity contribution in [2.75, 3.05) is 0 Å². The summed E-state index contributed by atoms with van der Waals surface area (Å²) in [5, 5.41) is 8.67. The van der Waals surface area contributed by atoms with Crippen LogP contribution in [-0.2, 0) is 4.79 Å². The van der Waals surface area contributed by atoms with Crippen LogP contribution in [0.5, 0.6) is 0 Å². The van der Waals surface area contributed by atoms with Gasteiger partial charge in [0.05, 0.1) is 0 Å². The van der Waals surface area contributed by atoms with E-state index in [0.29, 0.717) is 0 Å². The maximum atomic E-state index is 10.6. The Hall–Kier alpha value is -1.42. The highest BCUT2D eigenvalue weighted by atomic mass is 16.4. The van der Waals surface area contributed by atoms with Crippen LogP contribution in [0.3, 0.4) is 0 Å². The van der Waals surface area contributed by atoms with Crippen molar-refractivity contribution in [1.82, 2.24) is 4.98 Å². The topological polar surface area (TPSA) is 76.2 Å². The molecule has 4 nitrogen and oxygen atoms in total. The maximum absolute atomic E-state index is 10.6. The van der Waals surface area contributed by atoms with Crippen molar-refractivity contribution in [2.45, 2.75) is 18.9 Å². The SMILES string of the molecule is C[C@H](c1ccncc1)[C@H](N)C(=O)O. The quantitative estimate of drug-likeness (QED) is 0.714.